The zero-order valence-corrected chi connectivity index (χ0v) is 16.6. The van der Waals surface area contributed by atoms with Gasteiger partial charge in [-0.25, -0.2) is 8.42 Å². The van der Waals surface area contributed by atoms with Crippen LogP contribution in [0.2, 0.25) is 0 Å². The SMILES string of the molecule is Cc1ccc(S(=O)(=O)Cc2noc([C@@H]3C[C@@H](O)CN3C3CCOCC3)n2)cc1. The Hall–Kier alpha value is -1.81. The predicted octanol–water partition coefficient (Wildman–Crippen LogP) is 1.64. The first-order valence-corrected chi connectivity index (χ1v) is 11.2. The number of aromatic nitrogens is 2. The largest absolute Gasteiger partial charge is 0.392 e. The number of hydrogen-bond donors (Lipinski definition) is 1. The van der Waals surface area contributed by atoms with Crippen LogP contribution in [0.4, 0.5) is 0 Å². The molecule has 152 valence electrons. The van der Waals surface area contributed by atoms with E-state index in [0.717, 1.165) is 18.4 Å². The van der Waals surface area contributed by atoms with Gasteiger partial charge in [0.05, 0.1) is 17.0 Å². The van der Waals surface area contributed by atoms with Crippen molar-refractivity contribution in [3.63, 3.8) is 0 Å². The van der Waals surface area contributed by atoms with E-state index in [0.29, 0.717) is 38.1 Å². The fraction of sp³-hybridized carbons (Fsp3) is 0.579. The fourth-order valence-electron chi connectivity index (χ4n) is 3.96. The van der Waals surface area contributed by atoms with Crippen molar-refractivity contribution in [1.29, 1.82) is 0 Å². The molecule has 4 rings (SSSR count). The van der Waals surface area contributed by atoms with Gasteiger partial charge in [0.25, 0.3) is 0 Å². The molecule has 2 saturated heterocycles. The highest BCUT2D eigenvalue weighted by molar-refractivity contribution is 7.90. The van der Waals surface area contributed by atoms with Gasteiger partial charge >= 0.3 is 0 Å². The van der Waals surface area contributed by atoms with E-state index in [1.54, 1.807) is 24.3 Å². The number of likely N-dealkylation sites (tertiary alicyclic amines) is 1. The van der Waals surface area contributed by atoms with E-state index in [4.69, 9.17) is 9.26 Å². The maximum Gasteiger partial charge on any atom is 0.244 e. The molecule has 0 unspecified atom stereocenters. The molecule has 0 saturated carbocycles. The molecule has 0 spiro atoms. The topological polar surface area (TPSA) is 106 Å². The zero-order valence-electron chi connectivity index (χ0n) is 15.8. The Bertz CT molecular complexity index is 906. The van der Waals surface area contributed by atoms with Gasteiger partial charge in [-0.15, -0.1) is 0 Å². The van der Waals surface area contributed by atoms with Crippen LogP contribution >= 0.6 is 0 Å². The Labute approximate surface area is 164 Å². The summed E-state index contributed by atoms with van der Waals surface area (Å²) in [5, 5.41) is 14.1. The minimum absolute atomic E-state index is 0.142. The van der Waals surface area contributed by atoms with Gasteiger partial charge in [-0.3, -0.25) is 4.90 Å². The van der Waals surface area contributed by atoms with E-state index in [1.807, 2.05) is 6.92 Å². The van der Waals surface area contributed by atoms with E-state index < -0.39 is 15.9 Å². The lowest BCUT2D eigenvalue weighted by atomic mass is 10.1. The Balaban J connectivity index is 1.51. The number of sulfone groups is 1. The molecule has 2 fully saturated rings. The van der Waals surface area contributed by atoms with Crippen LogP contribution in [0.1, 0.15) is 42.6 Å². The highest BCUT2D eigenvalue weighted by Gasteiger charge is 2.40. The Kier molecular flexibility index (Phi) is 5.50. The highest BCUT2D eigenvalue weighted by atomic mass is 32.2. The Morgan fingerprint density at radius 2 is 1.93 bits per heavy atom. The molecular weight excluding hydrogens is 382 g/mol. The van der Waals surface area contributed by atoms with Crippen molar-refractivity contribution in [2.45, 2.75) is 55.0 Å². The maximum atomic E-state index is 12.6. The molecule has 0 amide bonds. The molecule has 0 aliphatic carbocycles. The minimum Gasteiger partial charge on any atom is -0.392 e. The third-order valence-corrected chi connectivity index (χ3v) is 7.07. The van der Waals surface area contributed by atoms with Gasteiger partial charge in [0.15, 0.2) is 15.7 Å². The van der Waals surface area contributed by atoms with E-state index in [-0.39, 0.29) is 22.5 Å². The van der Waals surface area contributed by atoms with Crippen LogP contribution in [-0.4, -0.2) is 60.5 Å². The zero-order chi connectivity index (χ0) is 19.7. The number of ether oxygens (including phenoxy) is 1. The van der Waals surface area contributed by atoms with Crippen LogP contribution in [-0.2, 0) is 20.3 Å². The van der Waals surface area contributed by atoms with Crippen LogP contribution in [0.25, 0.3) is 0 Å². The fourth-order valence-corrected chi connectivity index (χ4v) is 5.14. The summed E-state index contributed by atoms with van der Waals surface area (Å²) in [4.78, 5) is 6.79. The average Bonchev–Trinajstić information content (AvgIpc) is 3.29. The first-order chi connectivity index (χ1) is 13.4. The summed E-state index contributed by atoms with van der Waals surface area (Å²) in [5.74, 6) is 0.201. The first kappa shape index (κ1) is 19.5. The minimum atomic E-state index is -3.55. The Morgan fingerprint density at radius 3 is 2.64 bits per heavy atom. The summed E-state index contributed by atoms with van der Waals surface area (Å²) < 4.78 is 36.1. The van der Waals surface area contributed by atoms with Gasteiger partial charge in [-0.05, 0) is 38.3 Å². The summed E-state index contributed by atoms with van der Waals surface area (Å²) in [7, 11) is -3.55. The molecule has 2 aliphatic heterocycles. The van der Waals surface area contributed by atoms with Crippen molar-refractivity contribution in [2.24, 2.45) is 0 Å². The second kappa shape index (κ2) is 7.90. The predicted molar refractivity (Wildman–Crippen MR) is 100 cm³/mol. The van der Waals surface area contributed by atoms with Crippen LogP contribution in [0.3, 0.4) is 0 Å². The van der Waals surface area contributed by atoms with E-state index in [2.05, 4.69) is 15.0 Å². The monoisotopic (exact) mass is 407 g/mol. The van der Waals surface area contributed by atoms with Crippen molar-refractivity contribution < 1.29 is 22.8 Å². The molecule has 0 radical (unpaired) electrons. The number of β-amino-alcohol motifs (C(OH)–C–C–N with tert-alkyl or cyclic N) is 1. The lowest BCUT2D eigenvalue weighted by Crippen LogP contribution is -2.39. The maximum absolute atomic E-state index is 12.6. The van der Waals surface area contributed by atoms with Crippen molar-refractivity contribution in [3.05, 3.63) is 41.5 Å². The van der Waals surface area contributed by atoms with Crippen molar-refractivity contribution in [1.82, 2.24) is 15.0 Å². The number of rotatable bonds is 5. The van der Waals surface area contributed by atoms with Crippen LogP contribution < -0.4 is 0 Å². The van der Waals surface area contributed by atoms with E-state index in [1.165, 1.54) is 0 Å². The summed E-state index contributed by atoms with van der Waals surface area (Å²) in [6.45, 7) is 3.86. The lowest BCUT2D eigenvalue weighted by molar-refractivity contribution is 0.0214. The lowest BCUT2D eigenvalue weighted by Gasteiger charge is -2.33. The molecule has 2 atom stereocenters. The third kappa shape index (κ3) is 4.12. The number of aliphatic hydroxyl groups excluding tert-OH is 1. The smallest absolute Gasteiger partial charge is 0.244 e. The van der Waals surface area contributed by atoms with Crippen LogP contribution in [0.5, 0.6) is 0 Å². The summed E-state index contributed by atoms with van der Waals surface area (Å²) >= 11 is 0. The van der Waals surface area contributed by atoms with Crippen molar-refractivity contribution in [3.8, 4) is 0 Å². The van der Waals surface area contributed by atoms with Gasteiger partial charge in [0.1, 0.15) is 5.75 Å². The van der Waals surface area contributed by atoms with Gasteiger partial charge in [-0.1, -0.05) is 22.9 Å². The molecule has 1 N–H and O–H groups in total. The number of benzene rings is 1. The van der Waals surface area contributed by atoms with Gasteiger partial charge < -0.3 is 14.4 Å². The highest BCUT2D eigenvalue weighted by Crippen LogP contribution is 2.35. The molecule has 28 heavy (non-hydrogen) atoms. The van der Waals surface area contributed by atoms with Gasteiger partial charge in [0.2, 0.25) is 5.89 Å². The molecule has 2 aromatic rings. The molecular formula is C19H25N3O5S. The van der Waals surface area contributed by atoms with E-state index in [9.17, 15) is 13.5 Å². The number of aliphatic hydroxyl groups is 1. The summed E-state index contributed by atoms with van der Waals surface area (Å²) in [6, 6.07) is 6.81. The quantitative estimate of drug-likeness (QED) is 0.797. The Morgan fingerprint density at radius 1 is 1.21 bits per heavy atom. The van der Waals surface area contributed by atoms with Crippen molar-refractivity contribution >= 4 is 9.84 Å². The first-order valence-electron chi connectivity index (χ1n) is 9.56. The van der Waals surface area contributed by atoms with Crippen LogP contribution in [0.15, 0.2) is 33.7 Å². The standard InChI is InChI=1S/C19H25N3O5S/c1-13-2-4-16(5-3-13)28(24,25)12-18-20-19(27-21-18)17-10-15(23)11-22(17)14-6-8-26-9-7-14/h2-5,14-15,17,23H,6-12H2,1H3/t15-,17+/m1/s1. The summed E-state index contributed by atoms with van der Waals surface area (Å²) in [5.41, 5.74) is 0.994. The molecule has 0 bridgehead atoms. The normalized spacial score (nSPS) is 24.6. The van der Waals surface area contributed by atoms with Gasteiger partial charge in [0, 0.05) is 25.8 Å². The molecule has 1 aromatic carbocycles. The molecule has 2 aliphatic rings. The molecule has 1 aromatic heterocycles. The number of aryl methyl sites for hydroxylation is 1. The van der Waals surface area contributed by atoms with Crippen LogP contribution in [0, 0.1) is 6.92 Å². The number of hydrogen-bond acceptors (Lipinski definition) is 8. The van der Waals surface area contributed by atoms with E-state index >= 15 is 0 Å². The molecule has 9 heteroatoms. The van der Waals surface area contributed by atoms with Crippen molar-refractivity contribution in [2.75, 3.05) is 19.8 Å². The second-order valence-electron chi connectivity index (χ2n) is 7.57. The van der Waals surface area contributed by atoms with Gasteiger partial charge in [-0.2, -0.15) is 4.98 Å². The number of nitrogens with zero attached hydrogens (tertiary/aromatic N) is 3. The third-order valence-electron chi connectivity index (χ3n) is 5.45. The molecule has 8 nitrogen and oxygen atoms in total. The summed E-state index contributed by atoms with van der Waals surface area (Å²) in [6.07, 6.45) is 1.83. The second-order valence-corrected chi connectivity index (χ2v) is 9.56. The average molecular weight is 407 g/mol. The molecule has 3 heterocycles.